The quantitative estimate of drug-likeness (QED) is 0.865. The van der Waals surface area contributed by atoms with Crippen molar-refractivity contribution in [2.75, 3.05) is 24.7 Å². The lowest BCUT2D eigenvalue weighted by Gasteiger charge is -2.22. The number of ether oxygens (including phenoxy) is 2. The summed E-state index contributed by atoms with van der Waals surface area (Å²) in [5.74, 6) is 1.32. The minimum Gasteiger partial charge on any atom is -0.490 e. The van der Waals surface area contributed by atoms with Gasteiger partial charge in [0, 0.05) is 24.2 Å². The van der Waals surface area contributed by atoms with Gasteiger partial charge in [-0.05, 0) is 49.7 Å². The van der Waals surface area contributed by atoms with Crippen molar-refractivity contribution >= 4 is 11.6 Å². The molecule has 0 saturated carbocycles. The third-order valence-electron chi connectivity index (χ3n) is 3.87. The van der Waals surface area contributed by atoms with Gasteiger partial charge in [-0.2, -0.15) is 0 Å². The summed E-state index contributed by atoms with van der Waals surface area (Å²) in [5.41, 5.74) is 2.65. The van der Waals surface area contributed by atoms with Crippen LogP contribution in [0.25, 0.3) is 0 Å². The van der Waals surface area contributed by atoms with Gasteiger partial charge in [-0.25, -0.2) is 0 Å². The molecule has 0 N–H and O–H groups in total. The summed E-state index contributed by atoms with van der Waals surface area (Å²) in [6.07, 6.45) is 0.850. The highest BCUT2D eigenvalue weighted by atomic mass is 16.5. The highest BCUT2D eigenvalue weighted by molar-refractivity contribution is 6.06. The van der Waals surface area contributed by atoms with E-state index in [1.807, 2.05) is 44.2 Å². The third-order valence-corrected chi connectivity index (χ3v) is 3.87. The van der Waals surface area contributed by atoms with Gasteiger partial charge in [0.05, 0.1) is 13.2 Å². The summed E-state index contributed by atoms with van der Waals surface area (Å²) in [6, 6.07) is 13.4. The largest absolute Gasteiger partial charge is 0.490 e. The van der Waals surface area contributed by atoms with Crippen LogP contribution in [-0.2, 0) is 0 Å². The minimum atomic E-state index is -0.0336. The van der Waals surface area contributed by atoms with E-state index in [1.54, 1.807) is 17.0 Å². The topological polar surface area (TPSA) is 38.8 Å². The maximum absolute atomic E-state index is 12.9. The fourth-order valence-corrected chi connectivity index (χ4v) is 2.69. The zero-order chi connectivity index (χ0) is 16.2. The summed E-state index contributed by atoms with van der Waals surface area (Å²) < 4.78 is 11.3. The first-order valence-electron chi connectivity index (χ1n) is 7.97. The summed E-state index contributed by atoms with van der Waals surface area (Å²) in [6.45, 7) is 5.86. The Morgan fingerprint density at radius 1 is 1.09 bits per heavy atom. The van der Waals surface area contributed by atoms with Gasteiger partial charge < -0.3 is 14.4 Å². The van der Waals surface area contributed by atoms with Gasteiger partial charge in [0.1, 0.15) is 0 Å². The lowest BCUT2D eigenvalue weighted by molar-refractivity contribution is 0.0988. The van der Waals surface area contributed by atoms with Gasteiger partial charge in [-0.3, -0.25) is 4.79 Å². The molecule has 0 spiro atoms. The molecule has 0 saturated heterocycles. The van der Waals surface area contributed by atoms with Gasteiger partial charge in [0.15, 0.2) is 11.5 Å². The Kier molecular flexibility index (Phi) is 4.51. The van der Waals surface area contributed by atoms with Crippen molar-refractivity contribution in [1.29, 1.82) is 0 Å². The third kappa shape index (κ3) is 3.31. The molecule has 0 fully saturated rings. The Morgan fingerprint density at radius 3 is 2.61 bits per heavy atom. The van der Waals surface area contributed by atoms with E-state index in [0.717, 1.165) is 17.7 Å². The molecule has 4 heteroatoms. The van der Waals surface area contributed by atoms with Crippen molar-refractivity contribution in [2.45, 2.75) is 20.3 Å². The van der Waals surface area contributed by atoms with Crippen molar-refractivity contribution in [3.8, 4) is 11.5 Å². The lowest BCUT2D eigenvalue weighted by Crippen LogP contribution is -2.30. The average molecular weight is 311 g/mol. The predicted molar refractivity (Wildman–Crippen MR) is 90.6 cm³/mol. The molecule has 1 aliphatic rings. The molecule has 0 unspecified atom stereocenters. The molecule has 3 rings (SSSR count). The van der Waals surface area contributed by atoms with Crippen molar-refractivity contribution in [3.05, 3.63) is 53.6 Å². The molecule has 0 bridgehead atoms. The number of carbonyl (C=O) groups excluding carboxylic acids is 1. The Morgan fingerprint density at radius 2 is 1.87 bits per heavy atom. The number of carbonyl (C=O) groups is 1. The number of amides is 1. The lowest BCUT2D eigenvalue weighted by atomic mass is 10.1. The van der Waals surface area contributed by atoms with Crippen LogP contribution in [0.2, 0.25) is 0 Å². The van der Waals surface area contributed by atoms with Crippen molar-refractivity contribution in [2.24, 2.45) is 0 Å². The molecule has 23 heavy (non-hydrogen) atoms. The molecule has 2 aromatic rings. The van der Waals surface area contributed by atoms with Crippen LogP contribution in [0.1, 0.15) is 29.3 Å². The first kappa shape index (κ1) is 15.4. The standard InChI is InChI=1S/C19H21NO3/c1-3-20(16-7-4-6-14(2)12-16)19(21)15-8-9-17-18(13-15)23-11-5-10-22-17/h4,6-9,12-13H,3,5,10-11H2,1-2H3. The Bertz CT molecular complexity index is 712. The van der Waals surface area contributed by atoms with E-state index >= 15 is 0 Å². The first-order chi connectivity index (χ1) is 11.2. The van der Waals surface area contributed by atoms with E-state index in [9.17, 15) is 4.79 Å². The monoisotopic (exact) mass is 311 g/mol. The Hall–Kier alpha value is -2.49. The van der Waals surface area contributed by atoms with Crippen molar-refractivity contribution < 1.29 is 14.3 Å². The molecule has 120 valence electrons. The zero-order valence-electron chi connectivity index (χ0n) is 13.5. The second-order valence-corrected chi connectivity index (χ2v) is 5.60. The second kappa shape index (κ2) is 6.73. The number of anilines is 1. The first-order valence-corrected chi connectivity index (χ1v) is 7.97. The van der Waals surface area contributed by atoms with Crippen LogP contribution in [0, 0.1) is 6.92 Å². The number of aryl methyl sites for hydroxylation is 1. The maximum atomic E-state index is 12.9. The molecule has 0 aromatic heterocycles. The molecular formula is C19H21NO3. The average Bonchev–Trinajstić information content (AvgIpc) is 2.80. The summed E-state index contributed by atoms with van der Waals surface area (Å²) in [4.78, 5) is 14.7. The van der Waals surface area contributed by atoms with Gasteiger partial charge in [-0.1, -0.05) is 12.1 Å². The van der Waals surface area contributed by atoms with E-state index < -0.39 is 0 Å². The van der Waals surface area contributed by atoms with E-state index in [1.165, 1.54) is 0 Å². The maximum Gasteiger partial charge on any atom is 0.258 e. The highest BCUT2D eigenvalue weighted by Crippen LogP contribution is 2.31. The van der Waals surface area contributed by atoms with Gasteiger partial charge in [-0.15, -0.1) is 0 Å². The molecule has 2 aromatic carbocycles. The molecular weight excluding hydrogens is 290 g/mol. The van der Waals surface area contributed by atoms with Crippen molar-refractivity contribution in [1.82, 2.24) is 0 Å². The Balaban J connectivity index is 1.90. The van der Waals surface area contributed by atoms with E-state index in [4.69, 9.17) is 9.47 Å². The number of fused-ring (bicyclic) bond motifs is 1. The second-order valence-electron chi connectivity index (χ2n) is 5.60. The number of rotatable bonds is 3. The van der Waals surface area contributed by atoms with Gasteiger partial charge >= 0.3 is 0 Å². The molecule has 4 nitrogen and oxygen atoms in total. The van der Waals surface area contributed by atoms with E-state index in [0.29, 0.717) is 36.8 Å². The van der Waals surface area contributed by atoms with Crippen LogP contribution in [0.3, 0.4) is 0 Å². The van der Waals surface area contributed by atoms with Crippen LogP contribution in [0.5, 0.6) is 11.5 Å². The number of nitrogens with zero attached hydrogens (tertiary/aromatic N) is 1. The molecule has 0 radical (unpaired) electrons. The fourth-order valence-electron chi connectivity index (χ4n) is 2.69. The Labute approximate surface area is 136 Å². The SMILES string of the molecule is CCN(C(=O)c1ccc2c(c1)OCCCO2)c1cccc(C)c1. The molecule has 1 amide bonds. The number of hydrogen-bond acceptors (Lipinski definition) is 3. The molecule has 1 aliphatic heterocycles. The minimum absolute atomic E-state index is 0.0336. The fraction of sp³-hybridized carbons (Fsp3) is 0.316. The normalized spacial score (nSPS) is 13.3. The highest BCUT2D eigenvalue weighted by Gasteiger charge is 2.19. The number of benzene rings is 2. The molecule has 0 atom stereocenters. The van der Waals surface area contributed by atoms with Crippen LogP contribution in [-0.4, -0.2) is 25.7 Å². The van der Waals surface area contributed by atoms with Gasteiger partial charge in [0.25, 0.3) is 5.91 Å². The van der Waals surface area contributed by atoms with E-state index in [-0.39, 0.29) is 5.91 Å². The summed E-state index contributed by atoms with van der Waals surface area (Å²) in [7, 11) is 0. The number of hydrogen-bond donors (Lipinski definition) is 0. The zero-order valence-corrected chi connectivity index (χ0v) is 13.5. The predicted octanol–water partition coefficient (Wildman–Crippen LogP) is 3.82. The van der Waals surface area contributed by atoms with Crippen LogP contribution in [0.15, 0.2) is 42.5 Å². The molecule has 0 aliphatic carbocycles. The van der Waals surface area contributed by atoms with Crippen molar-refractivity contribution in [3.63, 3.8) is 0 Å². The van der Waals surface area contributed by atoms with Crippen LogP contribution < -0.4 is 14.4 Å². The van der Waals surface area contributed by atoms with Gasteiger partial charge in [0.2, 0.25) is 0 Å². The van der Waals surface area contributed by atoms with Crippen LogP contribution in [0.4, 0.5) is 5.69 Å². The smallest absolute Gasteiger partial charge is 0.258 e. The van der Waals surface area contributed by atoms with E-state index in [2.05, 4.69) is 0 Å². The summed E-state index contributed by atoms with van der Waals surface area (Å²) >= 11 is 0. The molecule has 1 heterocycles. The van der Waals surface area contributed by atoms with Crippen LogP contribution >= 0.6 is 0 Å². The summed E-state index contributed by atoms with van der Waals surface area (Å²) in [5, 5.41) is 0.